The predicted octanol–water partition coefficient (Wildman–Crippen LogP) is 2.42. The lowest BCUT2D eigenvalue weighted by molar-refractivity contribution is 0.400. The van der Waals surface area contributed by atoms with Crippen molar-refractivity contribution in [3.05, 3.63) is 47.9 Å². The Morgan fingerprint density at radius 3 is 2.83 bits per heavy atom. The zero-order valence-corrected chi connectivity index (χ0v) is 9.98. The number of hydrogen-bond donors (Lipinski definition) is 2. The zero-order chi connectivity index (χ0) is 13.0. The summed E-state index contributed by atoms with van der Waals surface area (Å²) in [6, 6.07) is 8.31. The van der Waals surface area contributed by atoms with Crippen molar-refractivity contribution in [1.82, 2.24) is 4.98 Å². The number of halogens is 1. The number of nitrogens with zero attached hydrogens (tertiary/aromatic N) is 1. The number of nitrogen functional groups attached to an aromatic ring is 1. The van der Waals surface area contributed by atoms with Crippen molar-refractivity contribution in [2.24, 2.45) is 0 Å². The van der Waals surface area contributed by atoms with Gasteiger partial charge in [-0.25, -0.2) is 9.37 Å². The van der Waals surface area contributed by atoms with E-state index in [0.29, 0.717) is 29.4 Å². The molecule has 0 aliphatic heterocycles. The van der Waals surface area contributed by atoms with Gasteiger partial charge in [-0.2, -0.15) is 0 Å². The highest BCUT2D eigenvalue weighted by atomic mass is 19.1. The molecule has 2 aromatic rings. The fourth-order valence-corrected chi connectivity index (χ4v) is 1.60. The van der Waals surface area contributed by atoms with E-state index in [2.05, 4.69) is 10.3 Å². The summed E-state index contributed by atoms with van der Waals surface area (Å²) in [4.78, 5) is 3.97. The van der Waals surface area contributed by atoms with E-state index >= 15 is 0 Å². The molecule has 94 valence electrons. The van der Waals surface area contributed by atoms with E-state index < -0.39 is 0 Å². The molecular formula is C13H14FN3O. The molecule has 0 atom stereocenters. The van der Waals surface area contributed by atoms with Crippen molar-refractivity contribution in [2.75, 3.05) is 18.2 Å². The quantitative estimate of drug-likeness (QED) is 0.871. The number of rotatable bonds is 4. The summed E-state index contributed by atoms with van der Waals surface area (Å²) in [6.07, 6.45) is 1.58. The van der Waals surface area contributed by atoms with E-state index in [9.17, 15) is 4.39 Å². The Balaban J connectivity index is 2.14. The molecule has 5 heteroatoms. The van der Waals surface area contributed by atoms with Gasteiger partial charge < -0.3 is 15.8 Å². The third-order valence-corrected chi connectivity index (χ3v) is 2.57. The SMILES string of the molecule is COc1nccc(NCc2ccccc2F)c1N. The van der Waals surface area contributed by atoms with Crippen LogP contribution >= 0.6 is 0 Å². The number of nitrogens with two attached hydrogens (primary N) is 1. The maximum Gasteiger partial charge on any atom is 0.239 e. The first-order valence-electron chi connectivity index (χ1n) is 5.48. The van der Waals surface area contributed by atoms with Crippen molar-refractivity contribution in [3.63, 3.8) is 0 Å². The molecule has 3 N–H and O–H groups in total. The molecule has 1 heterocycles. The molecule has 0 aliphatic carbocycles. The number of pyridine rings is 1. The van der Waals surface area contributed by atoms with Crippen LogP contribution in [0.15, 0.2) is 36.5 Å². The molecular weight excluding hydrogens is 233 g/mol. The van der Waals surface area contributed by atoms with Crippen LogP contribution < -0.4 is 15.8 Å². The highest BCUT2D eigenvalue weighted by Gasteiger charge is 2.07. The first kappa shape index (κ1) is 12.2. The number of ether oxygens (including phenoxy) is 1. The maximum atomic E-state index is 13.4. The number of nitrogens with one attached hydrogen (secondary N) is 1. The van der Waals surface area contributed by atoms with Gasteiger partial charge in [0.2, 0.25) is 5.88 Å². The smallest absolute Gasteiger partial charge is 0.239 e. The molecule has 0 unspecified atom stereocenters. The molecule has 1 aromatic carbocycles. The molecule has 0 bridgehead atoms. The van der Waals surface area contributed by atoms with Crippen LogP contribution in [0.1, 0.15) is 5.56 Å². The van der Waals surface area contributed by atoms with E-state index in [1.807, 2.05) is 0 Å². The topological polar surface area (TPSA) is 60.2 Å². The van der Waals surface area contributed by atoms with Crippen LogP contribution in [0.4, 0.5) is 15.8 Å². The Morgan fingerprint density at radius 1 is 1.33 bits per heavy atom. The number of anilines is 2. The van der Waals surface area contributed by atoms with Gasteiger partial charge in [0, 0.05) is 18.3 Å². The Bertz CT molecular complexity index is 546. The van der Waals surface area contributed by atoms with Gasteiger partial charge >= 0.3 is 0 Å². The van der Waals surface area contributed by atoms with Gasteiger partial charge in [-0.15, -0.1) is 0 Å². The predicted molar refractivity (Wildman–Crippen MR) is 68.9 cm³/mol. The minimum Gasteiger partial charge on any atom is -0.479 e. The van der Waals surface area contributed by atoms with Gasteiger partial charge in [-0.05, 0) is 12.1 Å². The van der Waals surface area contributed by atoms with Gasteiger partial charge in [0.05, 0.1) is 12.8 Å². The number of aromatic nitrogens is 1. The average molecular weight is 247 g/mol. The molecule has 0 radical (unpaired) electrons. The number of methoxy groups -OCH3 is 1. The minimum absolute atomic E-state index is 0.246. The first-order chi connectivity index (χ1) is 8.72. The lowest BCUT2D eigenvalue weighted by Gasteiger charge is -2.11. The van der Waals surface area contributed by atoms with Crippen LogP contribution in [0.5, 0.6) is 5.88 Å². The van der Waals surface area contributed by atoms with E-state index in [1.165, 1.54) is 13.2 Å². The van der Waals surface area contributed by atoms with Crippen LogP contribution in [0.2, 0.25) is 0 Å². The molecule has 18 heavy (non-hydrogen) atoms. The standard InChI is InChI=1S/C13H14FN3O/c1-18-13-12(15)11(6-7-16-13)17-8-9-4-2-3-5-10(9)14/h2-7H,8,15H2,1H3,(H,16,17). The molecule has 0 saturated carbocycles. The molecule has 0 aliphatic rings. The Labute approximate surface area is 105 Å². The normalized spacial score (nSPS) is 10.1. The van der Waals surface area contributed by atoms with Crippen LogP contribution in [-0.4, -0.2) is 12.1 Å². The molecule has 0 spiro atoms. The molecule has 0 fully saturated rings. The van der Waals surface area contributed by atoms with Gasteiger partial charge in [0.25, 0.3) is 0 Å². The summed E-state index contributed by atoms with van der Waals surface area (Å²) in [5.74, 6) is 0.109. The van der Waals surface area contributed by atoms with E-state index in [4.69, 9.17) is 10.5 Å². The van der Waals surface area contributed by atoms with Crippen LogP contribution in [-0.2, 0) is 6.54 Å². The van der Waals surface area contributed by atoms with E-state index in [1.54, 1.807) is 30.5 Å². The highest BCUT2D eigenvalue weighted by Crippen LogP contribution is 2.26. The van der Waals surface area contributed by atoms with Gasteiger partial charge in [-0.1, -0.05) is 18.2 Å². The molecule has 4 nitrogen and oxygen atoms in total. The third-order valence-electron chi connectivity index (χ3n) is 2.57. The molecule has 2 rings (SSSR count). The summed E-state index contributed by atoms with van der Waals surface area (Å²) in [5, 5.41) is 3.06. The van der Waals surface area contributed by atoms with Crippen molar-refractivity contribution >= 4 is 11.4 Å². The maximum absolute atomic E-state index is 13.4. The summed E-state index contributed by atoms with van der Waals surface area (Å²) >= 11 is 0. The second-order valence-electron chi connectivity index (χ2n) is 3.73. The summed E-state index contributed by atoms with van der Waals surface area (Å²) in [5.41, 5.74) is 7.51. The Hall–Kier alpha value is -2.30. The largest absolute Gasteiger partial charge is 0.479 e. The van der Waals surface area contributed by atoms with Crippen molar-refractivity contribution in [2.45, 2.75) is 6.54 Å². The van der Waals surface area contributed by atoms with Crippen LogP contribution in [0.3, 0.4) is 0 Å². The minimum atomic E-state index is -0.246. The molecule has 0 amide bonds. The summed E-state index contributed by atoms with van der Waals surface area (Å²) in [7, 11) is 1.50. The fourth-order valence-electron chi connectivity index (χ4n) is 1.60. The third kappa shape index (κ3) is 2.51. The summed E-state index contributed by atoms with van der Waals surface area (Å²) in [6.45, 7) is 0.351. The lowest BCUT2D eigenvalue weighted by Crippen LogP contribution is -2.05. The van der Waals surface area contributed by atoms with Crippen molar-refractivity contribution in [3.8, 4) is 5.88 Å². The van der Waals surface area contributed by atoms with Crippen LogP contribution in [0.25, 0.3) is 0 Å². The first-order valence-corrected chi connectivity index (χ1v) is 5.48. The van der Waals surface area contributed by atoms with Crippen molar-refractivity contribution in [1.29, 1.82) is 0 Å². The summed E-state index contributed by atoms with van der Waals surface area (Å²) < 4.78 is 18.4. The highest BCUT2D eigenvalue weighted by molar-refractivity contribution is 5.70. The second kappa shape index (κ2) is 5.35. The molecule has 1 aromatic heterocycles. The average Bonchev–Trinajstić information content (AvgIpc) is 2.39. The van der Waals surface area contributed by atoms with Gasteiger partial charge in [-0.3, -0.25) is 0 Å². The fraction of sp³-hybridized carbons (Fsp3) is 0.154. The lowest BCUT2D eigenvalue weighted by atomic mass is 10.2. The van der Waals surface area contributed by atoms with Gasteiger partial charge in [0.15, 0.2) is 0 Å². The Morgan fingerprint density at radius 2 is 2.11 bits per heavy atom. The van der Waals surface area contributed by atoms with E-state index in [-0.39, 0.29) is 5.82 Å². The number of hydrogen-bond acceptors (Lipinski definition) is 4. The zero-order valence-electron chi connectivity index (χ0n) is 9.98. The number of benzene rings is 1. The van der Waals surface area contributed by atoms with E-state index in [0.717, 1.165) is 0 Å². The van der Waals surface area contributed by atoms with Crippen LogP contribution in [0, 0.1) is 5.82 Å². The molecule has 0 saturated heterocycles. The monoisotopic (exact) mass is 247 g/mol. The van der Waals surface area contributed by atoms with Gasteiger partial charge in [0.1, 0.15) is 11.5 Å². The second-order valence-corrected chi connectivity index (χ2v) is 3.73. The van der Waals surface area contributed by atoms with Crippen molar-refractivity contribution < 1.29 is 9.13 Å². The Kier molecular flexibility index (Phi) is 3.62.